The van der Waals surface area contributed by atoms with E-state index >= 15 is 0 Å². The van der Waals surface area contributed by atoms with Crippen molar-refractivity contribution < 1.29 is 12.8 Å². The van der Waals surface area contributed by atoms with Crippen LogP contribution in [0.25, 0.3) is 0 Å². The van der Waals surface area contributed by atoms with Crippen LogP contribution in [-0.4, -0.2) is 23.2 Å². The van der Waals surface area contributed by atoms with E-state index in [-0.39, 0.29) is 21.0 Å². The standard InChI is InChI=1S/C9H9BrFN5O2S/c1-16-9(13-4-14-16)15-19(17,18)8-3-7(12)6(11)2-5(8)10/h2-4H,12H2,1H3,(H,13,14,15). The first-order chi connectivity index (χ1) is 8.81. The molecule has 0 radical (unpaired) electrons. The topological polar surface area (TPSA) is 103 Å². The molecule has 0 amide bonds. The Balaban J connectivity index is 2.46. The maximum Gasteiger partial charge on any atom is 0.265 e. The molecular formula is C9H9BrFN5O2S. The van der Waals surface area contributed by atoms with Gasteiger partial charge in [-0.25, -0.2) is 22.2 Å². The van der Waals surface area contributed by atoms with E-state index in [1.807, 2.05) is 0 Å². The van der Waals surface area contributed by atoms with Crippen LogP contribution in [0.4, 0.5) is 16.0 Å². The summed E-state index contributed by atoms with van der Waals surface area (Å²) in [6.07, 6.45) is 1.20. The van der Waals surface area contributed by atoms with E-state index in [0.717, 1.165) is 12.1 Å². The number of anilines is 2. The second-order valence-electron chi connectivity index (χ2n) is 3.62. The Kier molecular flexibility index (Phi) is 3.45. The van der Waals surface area contributed by atoms with Crippen LogP contribution < -0.4 is 10.5 Å². The van der Waals surface area contributed by atoms with E-state index < -0.39 is 15.8 Å². The van der Waals surface area contributed by atoms with Gasteiger partial charge in [0.1, 0.15) is 17.0 Å². The van der Waals surface area contributed by atoms with Gasteiger partial charge in [0.05, 0.1) is 5.69 Å². The van der Waals surface area contributed by atoms with E-state index in [1.165, 1.54) is 18.1 Å². The molecule has 19 heavy (non-hydrogen) atoms. The van der Waals surface area contributed by atoms with Crippen molar-refractivity contribution in [3.05, 3.63) is 28.7 Å². The summed E-state index contributed by atoms with van der Waals surface area (Å²) in [6, 6.07) is 2.01. The Bertz CT molecular complexity index is 730. The molecule has 0 aliphatic rings. The summed E-state index contributed by atoms with van der Waals surface area (Å²) in [7, 11) is -2.42. The van der Waals surface area contributed by atoms with Crippen molar-refractivity contribution >= 4 is 37.6 Å². The molecule has 102 valence electrons. The molecule has 2 aromatic rings. The van der Waals surface area contributed by atoms with Gasteiger partial charge in [-0.15, -0.1) is 0 Å². The van der Waals surface area contributed by atoms with Crippen LogP contribution in [0.5, 0.6) is 0 Å². The highest BCUT2D eigenvalue weighted by Crippen LogP contribution is 2.27. The predicted molar refractivity (Wildman–Crippen MR) is 70.3 cm³/mol. The van der Waals surface area contributed by atoms with Crippen molar-refractivity contribution in [1.82, 2.24) is 14.8 Å². The van der Waals surface area contributed by atoms with Gasteiger partial charge in [-0.05, 0) is 28.1 Å². The zero-order valence-electron chi connectivity index (χ0n) is 9.63. The van der Waals surface area contributed by atoms with Crippen LogP contribution in [-0.2, 0) is 17.1 Å². The first-order valence-electron chi connectivity index (χ1n) is 4.92. The lowest BCUT2D eigenvalue weighted by molar-refractivity contribution is 0.598. The number of sulfonamides is 1. The maximum atomic E-state index is 13.2. The average molecular weight is 350 g/mol. The third-order valence-electron chi connectivity index (χ3n) is 2.28. The lowest BCUT2D eigenvalue weighted by atomic mass is 10.3. The number of hydrogen-bond acceptors (Lipinski definition) is 5. The Morgan fingerprint density at radius 3 is 2.74 bits per heavy atom. The van der Waals surface area contributed by atoms with Gasteiger partial charge < -0.3 is 5.73 Å². The van der Waals surface area contributed by atoms with Gasteiger partial charge in [-0.3, -0.25) is 0 Å². The molecule has 1 aromatic carbocycles. The quantitative estimate of drug-likeness (QED) is 0.807. The Morgan fingerprint density at radius 1 is 1.47 bits per heavy atom. The van der Waals surface area contributed by atoms with Crippen molar-refractivity contribution in [2.24, 2.45) is 7.05 Å². The minimum absolute atomic E-state index is 0.0368. The molecule has 7 nitrogen and oxygen atoms in total. The smallest absolute Gasteiger partial charge is 0.265 e. The first kappa shape index (κ1) is 13.7. The van der Waals surface area contributed by atoms with Crippen LogP contribution in [0.3, 0.4) is 0 Å². The summed E-state index contributed by atoms with van der Waals surface area (Å²) in [5, 5.41) is 3.73. The lowest BCUT2D eigenvalue weighted by Gasteiger charge is -2.09. The first-order valence-corrected chi connectivity index (χ1v) is 7.20. The van der Waals surface area contributed by atoms with Crippen LogP contribution in [0, 0.1) is 5.82 Å². The molecule has 0 saturated heterocycles. The minimum atomic E-state index is -3.94. The fourth-order valence-corrected chi connectivity index (χ4v) is 3.40. The van der Waals surface area contributed by atoms with Gasteiger partial charge in [-0.2, -0.15) is 10.1 Å². The summed E-state index contributed by atoms with van der Waals surface area (Å²) in [5.74, 6) is -0.667. The molecule has 10 heteroatoms. The number of nitrogen functional groups attached to an aromatic ring is 1. The summed E-state index contributed by atoms with van der Waals surface area (Å²) in [6.45, 7) is 0. The van der Waals surface area contributed by atoms with Crippen LogP contribution in [0.1, 0.15) is 0 Å². The third-order valence-corrected chi connectivity index (χ3v) is 4.56. The number of aryl methyl sites for hydroxylation is 1. The fraction of sp³-hybridized carbons (Fsp3) is 0.111. The van der Waals surface area contributed by atoms with Gasteiger partial charge >= 0.3 is 0 Å². The Labute approximate surface area is 116 Å². The van der Waals surface area contributed by atoms with Crippen LogP contribution >= 0.6 is 15.9 Å². The second-order valence-corrected chi connectivity index (χ2v) is 6.12. The van der Waals surface area contributed by atoms with Crippen LogP contribution in [0.2, 0.25) is 0 Å². The van der Waals surface area contributed by atoms with Gasteiger partial charge in [0.2, 0.25) is 5.95 Å². The number of hydrogen-bond donors (Lipinski definition) is 2. The van der Waals surface area contributed by atoms with Crippen molar-refractivity contribution in [2.45, 2.75) is 4.90 Å². The summed E-state index contributed by atoms with van der Waals surface area (Å²) < 4.78 is 41.0. The number of nitrogens with one attached hydrogen (secondary N) is 1. The van der Waals surface area contributed by atoms with Crippen molar-refractivity contribution in [1.29, 1.82) is 0 Å². The van der Waals surface area contributed by atoms with Crippen molar-refractivity contribution in [2.75, 3.05) is 10.5 Å². The molecule has 0 saturated carbocycles. The highest BCUT2D eigenvalue weighted by Gasteiger charge is 2.21. The van der Waals surface area contributed by atoms with E-state index in [1.54, 1.807) is 0 Å². The number of nitrogens with two attached hydrogens (primary N) is 1. The molecule has 0 fully saturated rings. The SMILES string of the molecule is Cn1ncnc1NS(=O)(=O)c1cc(N)c(F)cc1Br. The zero-order valence-corrected chi connectivity index (χ0v) is 12.0. The van der Waals surface area contributed by atoms with E-state index in [9.17, 15) is 12.8 Å². The summed E-state index contributed by atoms with van der Waals surface area (Å²) in [4.78, 5) is 3.55. The monoisotopic (exact) mass is 349 g/mol. The lowest BCUT2D eigenvalue weighted by Crippen LogP contribution is -2.17. The molecule has 1 aromatic heterocycles. The molecule has 0 unspecified atom stereocenters. The number of rotatable bonds is 3. The molecule has 0 bridgehead atoms. The average Bonchev–Trinajstić information content (AvgIpc) is 2.69. The molecule has 0 spiro atoms. The number of benzene rings is 1. The van der Waals surface area contributed by atoms with Gasteiger partial charge in [0.25, 0.3) is 10.0 Å². The molecule has 0 aliphatic carbocycles. The predicted octanol–water partition coefficient (Wildman–Crippen LogP) is 1.10. The normalized spacial score (nSPS) is 11.5. The van der Waals surface area contributed by atoms with Gasteiger partial charge in [0.15, 0.2) is 0 Å². The fourth-order valence-electron chi connectivity index (χ4n) is 1.31. The Hall–Kier alpha value is -1.68. The van der Waals surface area contributed by atoms with Crippen LogP contribution in [0.15, 0.2) is 27.8 Å². The molecule has 3 N–H and O–H groups in total. The molecule has 0 atom stereocenters. The second kappa shape index (κ2) is 4.78. The number of aromatic nitrogens is 3. The summed E-state index contributed by atoms with van der Waals surface area (Å²) in [5.41, 5.74) is 5.11. The highest BCUT2D eigenvalue weighted by atomic mass is 79.9. The molecule has 0 aliphatic heterocycles. The van der Waals surface area contributed by atoms with E-state index in [4.69, 9.17) is 5.73 Å². The summed E-state index contributed by atoms with van der Waals surface area (Å²) >= 11 is 2.98. The zero-order chi connectivity index (χ0) is 14.2. The number of halogens is 2. The highest BCUT2D eigenvalue weighted by molar-refractivity contribution is 9.10. The van der Waals surface area contributed by atoms with Crippen molar-refractivity contribution in [3.63, 3.8) is 0 Å². The van der Waals surface area contributed by atoms with Crippen molar-refractivity contribution in [3.8, 4) is 0 Å². The minimum Gasteiger partial charge on any atom is -0.396 e. The van der Waals surface area contributed by atoms with E-state index in [2.05, 4.69) is 30.7 Å². The largest absolute Gasteiger partial charge is 0.396 e. The van der Waals surface area contributed by atoms with Gasteiger partial charge in [-0.1, -0.05) is 0 Å². The molecular weight excluding hydrogens is 341 g/mol. The van der Waals surface area contributed by atoms with Gasteiger partial charge in [0, 0.05) is 11.5 Å². The Morgan fingerprint density at radius 2 is 2.16 bits per heavy atom. The van der Waals surface area contributed by atoms with E-state index in [0.29, 0.717) is 0 Å². The maximum absolute atomic E-state index is 13.2. The molecule has 2 rings (SSSR count). The number of nitrogens with zero attached hydrogens (tertiary/aromatic N) is 3. The third kappa shape index (κ3) is 2.68. The molecule has 1 heterocycles.